The molecule has 1 aliphatic heterocycles. The fourth-order valence-electron chi connectivity index (χ4n) is 2.70. The molecule has 0 atom stereocenters. The lowest BCUT2D eigenvalue weighted by Crippen LogP contribution is -2.51. The second-order valence-corrected chi connectivity index (χ2v) is 7.27. The van der Waals surface area contributed by atoms with E-state index in [4.69, 9.17) is 16.3 Å². The highest BCUT2D eigenvalue weighted by atomic mass is 79.9. The van der Waals surface area contributed by atoms with Crippen molar-refractivity contribution in [3.63, 3.8) is 0 Å². The zero-order valence-electron chi connectivity index (χ0n) is 14.0. The van der Waals surface area contributed by atoms with Crippen molar-refractivity contribution in [2.45, 2.75) is 0 Å². The van der Waals surface area contributed by atoms with E-state index in [1.54, 1.807) is 46.2 Å². The number of halogens is 2. The highest BCUT2D eigenvalue weighted by Gasteiger charge is 2.25. The van der Waals surface area contributed by atoms with Crippen LogP contribution in [0.3, 0.4) is 0 Å². The van der Waals surface area contributed by atoms with E-state index in [9.17, 15) is 9.59 Å². The van der Waals surface area contributed by atoms with Crippen LogP contribution < -0.4 is 4.74 Å². The van der Waals surface area contributed by atoms with Crippen molar-refractivity contribution >= 4 is 39.3 Å². The van der Waals surface area contributed by atoms with Crippen LogP contribution in [0.25, 0.3) is 0 Å². The van der Waals surface area contributed by atoms with Crippen LogP contribution in [0.2, 0.25) is 5.02 Å². The van der Waals surface area contributed by atoms with Gasteiger partial charge in [-0.1, -0.05) is 27.5 Å². The van der Waals surface area contributed by atoms with Gasteiger partial charge in [0.15, 0.2) is 6.61 Å². The standard InChI is InChI=1S/C19H18BrClN2O3/c20-15-3-7-17(8-4-15)26-13-18(24)22-9-11-23(12-10-22)19(25)14-1-5-16(21)6-2-14/h1-8H,9-13H2. The largest absolute Gasteiger partial charge is 0.484 e. The maximum Gasteiger partial charge on any atom is 0.260 e. The Balaban J connectivity index is 1.48. The molecule has 0 spiro atoms. The van der Waals surface area contributed by atoms with Gasteiger partial charge in [-0.3, -0.25) is 9.59 Å². The van der Waals surface area contributed by atoms with Gasteiger partial charge in [-0.05, 0) is 48.5 Å². The number of ether oxygens (including phenoxy) is 1. The first-order valence-electron chi connectivity index (χ1n) is 8.24. The molecule has 0 N–H and O–H groups in total. The predicted octanol–water partition coefficient (Wildman–Crippen LogP) is 3.47. The molecule has 0 aromatic heterocycles. The highest BCUT2D eigenvalue weighted by Crippen LogP contribution is 2.17. The second-order valence-electron chi connectivity index (χ2n) is 5.92. The van der Waals surface area contributed by atoms with Gasteiger partial charge >= 0.3 is 0 Å². The number of piperazine rings is 1. The number of nitrogens with zero attached hydrogens (tertiary/aromatic N) is 2. The lowest BCUT2D eigenvalue weighted by molar-refractivity contribution is -0.134. The molecule has 1 heterocycles. The summed E-state index contributed by atoms with van der Waals surface area (Å²) >= 11 is 9.21. The summed E-state index contributed by atoms with van der Waals surface area (Å²) in [6.07, 6.45) is 0. The summed E-state index contributed by atoms with van der Waals surface area (Å²) in [5, 5.41) is 0.600. The zero-order valence-corrected chi connectivity index (χ0v) is 16.4. The van der Waals surface area contributed by atoms with Crippen LogP contribution in [0.1, 0.15) is 10.4 Å². The Morgan fingerprint density at radius 3 is 2.12 bits per heavy atom. The quantitative estimate of drug-likeness (QED) is 0.736. The summed E-state index contributed by atoms with van der Waals surface area (Å²) in [6.45, 7) is 2.01. The first kappa shape index (κ1) is 18.7. The maximum atomic E-state index is 12.5. The van der Waals surface area contributed by atoms with Gasteiger partial charge in [-0.2, -0.15) is 0 Å². The van der Waals surface area contributed by atoms with E-state index in [1.165, 1.54) is 0 Å². The number of rotatable bonds is 4. The Morgan fingerprint density at radius 2 is 1.50 bits per heavy atom. The molecular formula is C19H18BrClN2O3. The van der Waals surface area contributed by atoms with Crippen LogP contribution in [0, 0.1) is 0 Å². The third-order valence-corrected chi connectivity index (χ3v) is 4.97. The number of carbonyl (C=O) groups excluding carboxylic acids is 2. The predicted molar refractivity (Wildman–Crippen MR) is 104 cm³/mol. The van der Waals surface area contributed by atoms with Crippen LogP contribution >= 0.6 is 27.5 Å². The first-order chi connectivity index (χ1) is 12.5. The summed E-state index contributed by atoms with van der Waals surface area (Å²) < 4.78 is 6.48. The van der Waals surface area contributed by atoms with E-state index < -0.39 is 0 Å². The minimum Gasteiger partial charge on any atom is -0.484 e. The Bertz CT molecular complexity index is 772. The van der Waals surface area contributed by atoms with Crippen molar-refractivity contribution < 1.29 is 14.3 Å². The molecule has 7 heteroatoms. The molecule has 0 aliphatic carbocycles. The monoisotopic (exact) mass is 436 g/mol. The van der Waals surface area contributed by atoms with E-state index in [0.717, 1.165) is 4.47 Å². The van der Waals surface area contributed by atoms with Crippen molar-refractivity contribution in [3.05, 3.63) is 63.6 Å². The van der Waals surface area contributed by atoms with Crippen LogP contribution in [0.5, 0.6) is 5.75 Å². The third-order valence-electron chi connectivity index (χ3n) is 4.19. The minimum atomic E-state index is -0.0773. The van der Waals surface area contributed by atoms with Crippen LogP contribution in [-0.4, -0.2) is 54.4 Å². The molecule has 1 saturated heterocycles. The molecule has 5 nitrogen and oxygen atoms in total. The molecule has 3 rings (SSSR count). The van der Waals surface area contributed by atoms with Gasteiger partial charge in [0, 0.05) is 41.2 Å². The summed E-state index contributed by atoms with van der Waals surface area (Å²) in [5.74, 6) is 0.532. The molecule has 0 bridgehead atoms. The molecule has 136 valence electrons. The van der Waals surface area contributed by atoms with Crippen LogP contribution in [0.15, 0.2) is 53.0 Å². The normalized spacial score (nSPS) is 14.2. The molecule has 2 aromatic carbocycles. The topological polar surface area (TPSA) is 49.9 Å². The van der Waals surface area contributed by atoms with E-state index in [1.807, 2.05) is 12.1 Å². The van der Waals surface area contributed by atoms with Gasteiger partial charge in [-0.15, -0.1) is 0 Å². The summed E-state index contributed by atoms with van der Waals surface area (Å²) in [6, 6.07) is 14.2. The van der Waals surface area contributed by atoms with E-state index in [0.29, 0.717) is 42.5 Å². The molecule has 26 heavy (non-hydrogen) atoms. The van der Waals surface area contributed by atoms with Gasteiger partial charge < -0.3 is 14.5 Å². The molecular weight excluding hydrogens is 420 g/mol. The molecule has 2 amide bonds. The lowest BCUT2D eigenvalue weighted by atomic mass is 10.2. The minimum absolute atomic E-state index is 0.00718. The molecule has 2 aromatic rings. The first-order valence-corrected chi connectivity index (χ1v) is 9.41. The number of benzene rings is 2. The van der Waals surface area contributed by atoms with Gasteiger partial charge in [0.2, 0.25) is 0 Å². The number of hydrogen-bond donors (Lipinski definition) is 0. The second kappa shape index (κ2) is 8.56. The fraction of sp³-hybridized carbons (Fsp3) is 0.263. The maximum absolute atomic E-state index is 12.5. The number of amides is 2. The summed E-state index contributed by atoms with van der Waals surface area (Å²) in [7, 11) is 0. The van der Waals surface area contributed by atoms with Crippen molar-refractivity contribution in [3.8, 4) is 5.75 Å². The average Bonchev–Trinajstić information content (AvgIpc) is 2.67. The molecule has 1 fully saturated rings. The van der Waals surface area contributed by atoms with E-state index >= 15 is 0 Å². The van der Waals surface area contributed by atoms with Gasteiger partial charge in [0.05, 0.1) is 0 Å². The summed E-state index contributed by atoms with van der Waals surface area (Å²) in [5.41, 5.74) is 0.604. The number of hydrogen-bond acceptors (Lipinski definition) is 3. The Kier molecular flexibility index (Phi) is 6.16. The van der Waals surface area contributed by atoms with Gasteiger partial charge in [-0.25, -0.2) is 0 Å². The lowest BCUT2D eigenvalue weighted by Gasteiger charge is -2.34. The fourth-order valence-corrected chi connectivity index (χ4v) is 3.09. The number of carbonyl (C=O) groups is 2. The highest BCUT2D eigenvalue weighted by molar-refractivity contribution is 9.10. The average molecular weight is 438 g/mol. The molecule has 0 saturated carbocycles. The summed E-state index contributed by atoms with van der Waals surface area (Å²) in [4.78, 5) is 28.3. The van der Waals surface area contributed by atoms with Crippen molar-refractivity contribution in [2.24, 2.45) is 0 Å². The third kappa shape index (κ3) is 4.77. The van der Waals surface area contributed by atoms with Gasteiger partial charge in [0.1, 0.15) is 5.75 Å². The Morgan fingerprint density at radius 1 is 0.923 bits per heavy atom. The van der Waals surface area contributed by atoms with Crippen molar-refractivity contribution in [1.82, 2.24) is 9.80 Å². The van der Waals surface area contributed by atoms with Crippen molar-refractivity contribution in [2.75, 3.05) is 32.8 Å². The van der Waals surface area contributed by atoms with Crippen LogP contribution in [0.4, 0.5) is 0 Å². The van der Waals surface area contributed by atoms with Crippen molar-refractivity contribution in [1.29, 1.82) is 0 Å². The zero-order chi connectivity index (χ0) is 18.5. The molecule has 1 aliphatic rings. The SMILES string of the molecule is O=C(COc1ccc(Br)cc1)N1CCN(C(=O)c2ccc(Cl)cc2)CC1. The Labute approximate surface area is 165 Å². The molecule has 0 unspecified atom stereocenters. The van der Waals surface area contributed by atoms with Crippen LogP contribution in [-0.2, 0) is 4.79 Å². The van der Waals surface area contributed by atoms with E-state index in [-0.39, 0.29) is 18.4 Å². The smallest absolute Gasteiger partial charge is 0.260 e. The van der Waals surface area contributed by atoms with Gasteiger partial charge in [0.25, 0.3) is 11.8 Å². The Hall–Kier alpha value is -2.05. The van der Waals surface area contributed by atoms with E-state index in [2.05, 4.69) is 15.9 Å². The molecule has 0 radical (unpaired) electrons.